The van der Waals surface area contributed by atoms with Crippen molar-refractivity contribution >= 4 is 27.9 Å². The summed E-state index contributed by atoms with van der Waals surface area (Å²) in [5.41, 5.74) is 3.49. The molecule has 0 bridgehead atoms. The van der Waals surface area contributed by atoms with Crippen molar-refractivity contribution in [3.63, 3.8) is 0 Å². The minimum atomic E-state index is -0.372. The van der Waals surface area contributed by atoms with E-state index >= 15 is 0 Å². The third kappa shape index (κ3) is 2.54. The number of aromatic amines is 1. The fourth-order valence-corrected chi connectivity index (χ4v) is 4.55. The molecule has 140 valence electrons. The van der Waals surface area contributed by atoms with Crippen LogP contribution in [0.15, 0.2) is 42.9 Å². The van der Waals surface area contributed by atoms with Gasteiger partial charge in [-0.15, -0.1) is 0 Å². The molecule has 2 fully saturated rings. The largest absolute Gasteiger partial charge is 0.390 e. The lowest BCUT2D eigenvalue weighted by molar-refractivity contribution is 0.0981. The van der Waals surface area contributed by atoms with Crippen LogP contribution in [-0.2, 0) is 0 Å². The van der Waals surface area contributed by atoms with Crippen LogP contribution in [0.3, 0.4) is 0 Å². The van der Waals surface area contributed by atoms with Gasteiger partial charge in [-0.05, 0) is 55.4 Å². The van der Waals surface area contributed by atoms with Crippen LogP contribution in [0, 0.1) is 5.92 Å². The van der Waals surface area contributed by atoms with Gasteiger partial charge in [0.05, 0.1) is 17.3 Å². The molecule has 0 spiro atoms. The molecule has 7 nitrogen and oxygen atoms in total. The summed E-state index contributed by atoms with van der Waals surface area (Å²) in [7, 11) is 0. The van der Waals surface area contributed by atoms with Crippen LogP contribution in [-0.4, -0.2) is 41.9 Å². The average molecular weight is 372 g/mol. The lowest BCUT2D eigenvalue weighted by atomic mass is 9.93. The summed E-state index contributed by atoms with van der Waals surface area (Å²) in [6, 6.07) is 8.43. The molecule has 0 aliphatic heterocycles. The second-order valence-corrected chi connectivity index (χ2v) is 8.08. The first-order valence-electron chi connectivity index (χ1n) is 9.73. The van der Waals surface area contributed by atoms with E-state index in [-0.39, 0.29) is 5.60 Å². The molecule has 28 heavy (non-hydrogen) atoms. The van der Waals surface area contributed by atoms with Crippen LogP contribution >= 0.6 is 0 Å². The zero-order valence-electron chi connectivity index (χ0n) is 15.3. The second-order valence-electron chi connectivity index (χ2n) is 8.08. The SMILES string of the molecule is O[C@]12CC[C@H](Nc3ncc4c(-c5ccc6nnccc6c5)c[nH]c4n3)CC1C2. The summed E-state index contributed by atoms with van der Waals surface area (Å²) in [5, 5.41) is 23.7. The maximum atomic E-state index is 10.2. The van der Waals surface area contributed by atoms with Gasteiger partial charge >= 0.3 is 0 Å². The number of aromatic nitrogens is 5. The highest BCUT2D eigenvalue weighted by molar-refractivity contribution is 5.96. The van der Waals surface area contributed by atoms with E-state index in [0.29, 0.717) is 17.9 Å². The van der Waals surface area contributed by atoms with Gasteiger partial charge in [0.1, 0.15) is 5.65 Å². The van der Waals surface area contributed by atoms with Crippen molar-refractivity contribution < 1.29 is 5.11 Å². The van der Waals surface area contributed by atoms with Gasteiger partial charge in [0, 0.05) is 34.8 Å². The molecule has 0 saturated heterocycles. The standard InChI is InChI=1S/C21H20N6O/c28-21-5-3-15(8-14(21)9-21)25-20-23-11-17-16(10-22-19(17)26-20)12-1-2-18-13(7-12)4-6-24-27-18/h1-2,4,6-7,10-11,14-15,28H,3,5,8-9H2,(H2,22,23,25,26)/t14?,15-,21-/m0/s1. The second kappa shape index (κ2) is 5.72. The van der Waals surface area contributed by atoms with Gasteiger partial charge in [-0.25, -0.2) is 4.98 Å². The fourth-order valence-electron chi connectivity index (χ4n) is 4.55. The molecule has 2 aliphatic rings. The van der Waals surface area contributed by atoms with Gasteiger partial charge in [-0.2, -0.15) is 15.2 Å². The molecule has 0 amide bonds. The Kier molecular flexibility index (Phi) is 3.26. The minimum absolute atomic E-state index is 0.334. The first kappa shape index (κ1) is 15.9. The molecule has 4 aromatic rings. The normalized spacial score (nSPS) is 26.3. The van der Waals surface area contributed by atoms with E-state index < -0.39 is 0 Å². The number of fused-ring (bicyclic) bond motifs is 3. The van der Waals surface area contributed by atoms with Crippen molar-refractivity contribution in [2.24, 2.45) is 5.92 Å². The molecule has 3 N–H and O–H groups in total. The van der Waals surface area contributed by atoms with Crippen molar-refractivity contribution in [1.82, 2.24) is 25.1 Å². The maximum Gasteiger partial charge on any atom is 0.224 e. The summed E-state index contributed by atoms with van der Waals surface area (Å²) in [6.45, 7) is 0. The fraction of sp³-hybridized carbons (Fsp3) is 0.333. The Balaban J connectivity index is 1.29. The highest BCUT2D eigenvalue weighted by Gasteiger charge is 2.55. The minimum Gasteiger partial charge on any atom is -0.390 e. The molecular formula is C21H20N6O. The van der Waals surface area contributed by atoms with Crippen LogP contribution in [0.4, 0.5) is 5.95 Å². The van der Waals surface area contributed by atoms with E-state index in [2.05, 4.69) is 36.5 Å². The number of anilines is 1. The Bertz CT molecular complexity index is 1200. The summed E-state index contributed by atoms with van der Waals surface area (Å²) in [6.07, 6.45) is 9.33. The van der Waals surface area contributed by atoms with Crippen molar-refractivity contribution in [3.8, 4) is 11.1 Å². The summed E-state index contributed by atoms with van der Waals surface area (Å²) >= 11 is 0. The molecule has 1 aromatic carbocycles. The molecule has 2 saturated carbocycles. The Morgan fingerprint density at radius 2 is 2.21 bits per heavy atom. The predicted molar refractivity (Wildman–Crippen MR) is 107 cm³/mol. The number of nitrogens with zero attached hydrogens (tertiary/aromatic N) is 4. The third-order valence-corrected chi connectivity index (χ3v) is 6.28. The first-order valence-corrected chi connectivity index (χ1v) is 9.73. The van der Waals surface area contributed by atoms with Crippen molar-refractivity contribution in [3.05, 3.63) is 42.9 Å². The average Bonchev–Trinajstić information content (AvgIpc) is 3.21. The number of rotatable bonds is 3. The summed E-state index contributed by atoms with van der Waals surface area (Å²) < 4.78 is 0. The quantitative estimate of drug-likeness (QED) is 0.510. The van der Waals surface area contributed by atoms with E-state index in [9.17, 15) is 5.11 Å². The van der Waals surface area contributed by atoms with Crippen LogP contribution in [0.25, 0.3) is 33.1 Å². The van der Waals surface area contributed by atoms with Gasteiger partial charge in [0.2, 0.25) is 5.95 Å². The van der Waals surface area contributed by atoms with Gasteiger partial charge in [-0.3, -0.25) is 0 Å². The number of aliphatic hydroxyl groups is 1. The molecule has 1 unspecified atom stereocenters. The summed E-state index contributed by atoms with van der Waals surface area (Å²) in [4.78, 5) is 12.5. The molecular weight excluding hydrogens is 352 g/mol. The monoisotopic (exact) mass is 372 g/mol. The number of H-pyrrole nitrogens is 1. The highest BCUT2D eigenvalue weighted by atomic mass is 16.3. The van der Waals surface area contributed by atoms with Crippen LogP contribution in [0.2, 0.25) is 0 Å². The van der Waals surface area contributed by atoms with Gasteiger partial charge < -0.3 is 15.4 Å². The molecule has 6 rings (SSSR count). The molecule has 0 radical (unpaired) electrons. The van der Waals surface area contributed by atoms with E-state index in [0.717, 1.165) is 58.7 Å². The van der Waals surface area contributed by atoms with Crippen LogP contribution in [0.5, 0.6) is 0 Å². The highest BCUT2D eigenvalue weighted by Crippen LogP contribution is 2.53. The number of hydrogen-bond acceptors (Lipinski definition) is 6. The number of benzene rings is 1. The van der Waals surface area contributed by atoms with Crippen LogP contribution < -0.4 is 5.32 Å². The predicted octanol–water partition coefficient (Wildman–Crippen LogP) is 3.28. The van der Waals surface area contributed by atoms with Gasteiger partial charge in [-0.1, -0.05) is 6.07 Å². The Hall–Kier alpha value is -3.06. The first-order chi connectivity index (χ1) is 13.7. The Morgan fingerprint density at radius 3 is 3.14 bits per heavy atom. The Labute approximate surface area is 161 Å². The van der Waals surface area contributed by atoms with E-state index in [4.69, 9.17) is 0 Å². The lowest BCUT2D eigenvalue weighted by Gasteiger charge is -2.25. The molecule has 7 heteroatoms. The van der Waals surface area contributed by atoms with Crippen molar-refractivity contribution in [2.45, 2.75) is 37.3 Å². The van der Waals surface area contributed by atoms with Crippen molar-refractivity contribution in [1.29, 1.82) is 0 Å². The van der Waals surface area contributed by atoms with Crippen LogP contribution in [0.1, 0.15) is 25.7 Å². The number of nitrogens with one attached hydrogen (secondary N) is 2. The smallest absolute Gasteiger partial charge is 0.224 e. The van der Waals surface area contributed by atoms with E-state index in [1.165, 1.54) is 0 Å². The summed E-state index contributed by atoms with van der Waals surface area (Å²) in [5.74, 6) is 1.09. The Morgan fingerprint density at radius 1 is 1.25 bits per heavy atom. The number of hydrogen-bond donors (Lipinski definition) is 3. The molecule has 3 aromatic heterocycles. The maximum absolute atomic E-state index is 10.2. The zero-order chi connectivity index (χ0) is 18.7. The third-order valence-electron chi connectivity index (χ3n) is 6.28. The topological polar surface area (TPSA) is 99.6 Å². The molecule has 3 heterocycles. The molecule has 2 aliphatic carbocycles. The van der Waals surface area contributed by atoms with E-state index in [1.54, 1.807) is 6.20 Å². The lowest BCUT2D eigenvalue weighted by Crippen LogP contribution is -2.30. The molecule has 3 atom stereocenters. The van der Waals surface area contributed by atoms with Gasteiger partial charge in [0.15, 0.2) is 0 Å². The van der Waals surface area contributed by atoms with Gasteiger partial charge in [0.25, 0.3) is 0 Å². The van der Waals surface area contributed by atoms with E-state index in [1.807, 2.05) is 30.6 Å². The zero-order valence-corrected chi connectivity index (χ0v) is 15.3. The van der Waals surface area contributed by atoms with Crippen molar-refractivity contribution in [2.75, 3.05) is 5.32 Å².